The van der Waals surface area contributed by atoms with E-state index in [9.17, 15) is 4.39 Å². The van der Waals surface area contributed by atoms with Gasteiger partial charge in [-0.05, 0) is 80.7 Å². The first-order chi connectivity index (χ1) is 10.1. The third kappa shape index (κ3) is 3.76. The number of nitrogens with zero attached hydrogens (tertiary/aromatic N) is 1. The number of aromatic nitrogens is 1. The Kier molecular flexibility index (Phi) is 5.76. The highest BCUT2D eigenvalue weighted by atomic mass is 35.5. The van der Waals surface area contributed by atoms with Gasteiger partial charge in [-0.2, -0.15) is 0 Å². The van der Waals surface area contributed by atoms with Crippen molar-refractivity contribution in [2.24, 2.45) is 11.7 Å². The number of rotatable bonds is 3. The number of fused-ring (bicyclic) bond motifs is 1. The fraction of sp³-hybridized carbons (Fsp3) is 0.500. The highest BCUT2D eigenvalue weighted by molar-refractivity contribution is 5.85. The average molecular weight is 323 g/mol. The zero-order chi connectivity index (χ0) is 14.8. The normalized spacial score (nSPS) is 23.0. The van der Waals surface area contributed by atoms with Gasteiger partial charge in [0.1, 0.15) is 5.82 Å². The van der Waals surface area contributed by atoms with Gasteiger partial charge in [-0.15, -0.1) is 12.4 Å². The Morgan fingerprint density at radius 2 is 1.95 bits per heavy atom. The molecular formula is C18H24ClFN2. The molecule has 1 unspecified atom stereocenters. The van der Waals surface area contributed by atoms with E-state index >= 15 is 0 Å². The summed E-state index contributed by atoms with van der Waals surface area (Å²) in [6.07, 6.45) is 7.78. The molecule has 3 rings (SSSR count). The van der Waals surface area contributed by atoms with Crippen LogP contribution in [0.5, 0.6) is 0 Å². The minimum Gasteiger partial charge on any atom is -0.328 e. The van der Waals surface area contributed by atoms with Crippen molar-refractivity contribution in [2.75, 3.05) is 0 Å². The third-order valence-corrected chi connectivity index (χ3v) is 4.73. The molecule has 2 nitrogen and oxygen atoms in total. The summed E-state index contributed by atoms with van der Waals surface area (Å²) in [7, 11) is 0. The second-order valence-corrected chi connectivity index (χ2v) is 6.49. The molecule has 0 saturated heterocycles. The molecule has 1 aliphatic carbocycles. The lowest BCUT2D eigenvalue weighted by atomic mass is 9.76. The zero-order valence-corrected chi connectivity index (χ0v) is 13.8. The Hall–Kier alpha value is -1.19. The van der Waals surface area contributed by atoms with Gasteiger partial charge in [0.2, 0.25) is 0 Å². The highest BCUT2D eigenvalue weighted by Gasteiger charge is 2.24. The second kappa shape index (κ2) is 7.38. The standard InChI is InChI=1S/C18H23FN2.ClH/c1-12(20)10-13-2-4-14(5-3-13)16-8-9-21-18-7-6-15(19)11-17(16)18;/h6-9,11-14H,2-5,10,20H2,1H3;1H/t12?,13-,14+;. The van der Waals surface area contributed by atoms with Gasteiger partial charge >= 0.3 is 0 Å². The van der Waals surface area contributed by atoms with Crippen LogP contribution in [0, 0.1) is 11.7 Å². The lowest BCUT2D eigenvalue weighted by Crippen LogP contribution is -2.22. The fourth-order valence-electron chi connectivity index (χ4n) is 3.73. The predicted molar refractivity (Wildman–Crippen MR) is 91.9 cm³/mol. The number of hydrogen-bond acceptors (Lipinski definition) is 2. The number of hydrogen-bond donors (Lipinski definition) is 1. The van der Waals surface area contributed by atoms with Gasteiger partial charge in [-0.1, -0.05) is 0 Å². The summed E-state index contributed by atoms with van der Waals surface area (Å²) in [6.45, 7) is 2.09. The lowest BCUT2D eigenvalue weighted by Gasteiger charge is -2.30. The molecule has 2 N–H and O–H groups in total. The molecule has 4 heteroatoms. The molecular weight excluding hydrogens is 299 g/mol. The van der Waals surface area contributed by atoms with Crippen LogP contribution in [0.25, 0.3) is 10.9 Å². The third-order valence-electron chi connectivity index (χ3n) is 4.73. The van der Waals surface area contributed by atoms with Gasteiger partial charge in [-0.3, -0.25) is 4.98 Å². The molecule has 1 saturated carbocycles. The van der Waals surface area contributed by atoms with E-state index in [-0.39, 0.29) is 18.2 Å². The van der Waals surface area contributed by atoms with E-state index in [1.54, 1.807) is 12.1 Å². The molecule has 1 atom stereocenters. The van der Waals surface area contributed by atoms with Crippen molar-refractivity contribution in [3.8, 4) is 0 Å². The molecule has 0 spiro atoms. The van der Waals surface area contributed by atoms with Crippen molar-refractivity contribution >= 4 is 23.3 Å². The Morgan fingerprint density at radius 1 is 1.23 bits per heavy atom. The maximum absolute atomic E-state index is 13.5. The van der Waals surface area contributed by atoms with Gasteiger partial charge in [0.05, 0.1) is 5.52 Å². The molecule has 1 fully saturated rings. The molecule has 1 aromatic heterocycles. The van der Waals surface area contributed by atoms with E-state index in [1.807, 2.05) is 6.20 Å². The molecule has 22 heavy (non-hydrogen) atoms. The van der Waals surface area contributed by atoms with E-state index in [0.717, 1.165) is 23.2 Å². The molecule has 1 aliphatic rings. The van der Waals surface area contributed by atoms with Crippen LogP contribution in [0.4, 0.5) is 4.39 Å². The SMILES string of the molecule is CC(N)C[C@H]1CC[C@@H](c2ccnc3ccc(F)cc32)CC1.Cl. The molecule has 0 bridgehead atoms. The first kappa shape index (κ1) is 17.2. The van der Waals surface area contributed by atoms with Crippen LogP contribution in [0.2, 0.25) is 0 Å². The van der Waals surface area contributed by atoms with E-state index in [2.05, 4.69) is 18.0 Å². The van der Waals surface area contributed by atoms with E-state index in [4.69, 9.17) is 5.73 Å². The quantitative estimate of drug-likeness (QED) is 0.881. The summed E-state index contributed by atoms with van der Waals surface area (Å²) in [5.41, 5.74) is 8.07. The molecule has 0 radical (unpaired) electrons. The van der Waals surface area contributed by atoms with Crippen LogP contribution in [-0.4, -0.2) is 11.0 Å². The van der Waals surface area contributed by atoms with Crippen LogP contribution in [0.15, 0.2) is 30.5 Å². The van der Waals surface area contributed by atoms with Gasteiger partial charge in [0.15, 0.2) is 0 Å². The van der Waals surface area contributed by atoms with Crippen LogP contribution in [0.3, 0.4) is 0 Å². The topological polar surface area (TPSA) is 38.9 Å². The Morgan fingerprint density at radius 3 is 2.64 bits per heavy atom. The van der Waals surface area contributed by atoms with Crippen LogP contribution in [-0.2, 0) is 0 Å². The first-order valence-electron chi connectivity index (χ1n) is 7.93. The zero-order valence-electron chi connectivity index (χ0n) is 13.0. The van der Waals surface area contributed by atoms with Crippen molar-refractivity contribution in [2.45, 2.75) is 51.0 Å². The first-order valence-corrected chi connectivity index (χ1v) is 7.93. The maximum Gasteiger partial charge on any atom is 0.123 e. The van der Waals surface area contributed by atoms with Crippen LogP contribution in [0.1, 0.15) is 50.5 Å². The summed E-state index contributed by atoms with van der Waals surface area (Å²) in [5.74, 6) is 1.11. The van der Waals surface area contributed by atoms with E-state index in [0.29, 0.717) is 12.0 Å². The summed E-state index contributed by atoms with van der Waals surface area (Å²) in [6, 6.07) is 7.25. The minimum atomic E-state index is -0.178. The van der Waals surface area contributed by atoms with Crippen molar-refractivity contribution in [1.29, 1.82) is 0 Å². The summed E-state index contributed by atoms with van der Waals surface area (Å²) >= 11 is 0. The Balaban J connectivity index is 0.00000176. The summed E-state index contributed by atoms with van der Waals surface area (Å²) in [5, 5.41) is 0.980. The van der Waals surface area contributed by atoms with Gasteiger partial charge in [-0.25, -0.2) is 4.39 Å². The Bertz CT molecular complexity index is 622. The van der Waals surface area contributed by atoms with E-state index in [1.165, 1.54) is 37.3 Å². The van der Waals surface area contributed by atoms with Gasteiger partial charge in [0.25, 0.3) is 0 Å². The number of nitrogens with two attached hydrogens (primary N) is 1. The number of pyridine rings is 1. The highest BCUT2D eigenvalue weighted by Crippen LogP contribution is 2.39. The largest absolute Gasteiger partial charge is 0.328 e. The number of benzene rings is 1. The minimum absolute atomic E-state index is 0. The summed E-state index contributed by atoms with van der Waals surface area (Å²) < 4.78 is 13.5. The monoisotopic (exact) mass is 322 g/mol. The van der Waals surface area contributed by atoms with Crippen molar-refractivity contribution in [1.82, 2.24) is 4.98 Å². The van der Waals surface area contributed by atoms with Crippen LogP contribution >= 0.6 is 12.4 Å². The second-order valence-electron chi connectivity index (χ2n) is 6.49. The number of halogens is 2. The van der Waals surface area contributed by atoms with Crippen molar-refractivity contribution in [3.63, 3.8) is 0 Å². The average Bonchev–Trinajstić information content (AvgIpc) is 2.47. The fourth-order valence-corrected chi connectivity index (χ4v) is 3.73. The molecule has 120 valence electrons. The van der Waals surface area contributed by atoms with E-state index < -0.39 is 0 Å². The van der Waals surface area contributed by atoms with Crippen molar-refractivity contribution in [3.05, 3.63) is 41.8 Å². The van der Waals surface area contributed by atoms with Gasteiger partial charge < -0.3 is 5.73 Å². The van der Waals surface area contributed by atoms with Crippen LogP contribution < -0.4 is 5.73 Å². The summed E-state index contributed by atoms with van der Waals surface area (Å²) in [4.78, 5) is 4.35. The maximum atomic E-state index is 13.5. The Labute approximate surface area is 137 Å². The molecule has 1 aromatic carbocycles. The molecule has 2 aromatic rings. The molecule has 0 aliphatic heterocycles. The lowest BCUT2D eigenvalue weighted by molar-refractivity contribution is 0.298. The molecule has 0 amide bonds. The molecule has 1 heterocycles. The smallest absolute Gasteiger partial charge is 0.123 e. The van der Waals surface area contributed by atoms with Gasteiger partial charge in [0, 0.05) is 17.6 Å². The predicted octanol–water partition coefficient (Wildman–Crippen LogP) is 4.81. The van der Waals surface area contributed by atoms with Crippen molar-refractivity contribution < 1.29 is 4.39 Å².